The third-order valence-corrected chi connectivity index (χ3v) is 5.51. The molecule has 1 saturated carbocycles. The number of hydrogen-bond donors (Lipinski definition) is 1. The quantitative estimate of drug-likeness (QED) is 0.761. The fourth-order valence-electron chi connectivity index (χ4n) is 4.12. The van der Waals surface area contributed by atoms with Crippen LogP contribution in [-0.4, -0.2) is 36.6 Å². The van der Waals surface area contributed by atoms with Crippen LogP contribution in [0.2, 0.25) is 0 Å². The average Bonchev–Trinajstić information content (AvgIpc) is 2.59. The summed E-state index contributed by atoms with van der Waals surface area (Å²) < 4.78 is 0. The zero-order valence-electron chi connectivity index (χ0n) is 13.4. The van der Waals surface area contributed by atoms with Crippen molar-refractivity contribution >= 4 is 0 Å². The zero-order chi connectivity index (χ0) is 13.8. The summed E-state index contributed by atoms with van der Waals surface area (Å²) in [5, 5.41) is 3.66. The van der Waals surface area contributed by atoms with E-state index in [1.807, 2.05) is 0 Å². The van der Waals surface area contributed by atoms with E-state index in [4.69, 9.17) is 0 Å². The van der Waals surface area contributed by atoms with Gasteiger partial charge in [-0.2, -0.15) is 0 Å². The van der Waals surface area contributed by atoms with Gasteiger partial charge in [0.05, 0.1) is 0 Å². The number of nitrogens with one attached hydrogen (secondary N) is 1. The molecule has 0 aromatic carbocycles. The van der Waals surface area contributed by atoms with Crippen molar-refractivity contribution in [3.63, 3.8) is 0 Å². The molecule has 2 nitrogen and oxygen atoms in total. The van der Waals surface area contributed by atoms with Crippen molar-refractivity contribution in [2.24, 2.45) is 5.41 Å². The van der Waals surface area contributed by atoms with Gasteiger partial charge in [-0.25, -0.2) is 0 Å². The van der Waals surface area contributed by atoms with Gasteiger partial charge in [0.2, 0.25) is 0 Å². The van der Waals surface area contributed by atoms with Crippen LogP contribution < -0.4 is 5.32 Å². The van der Waals surface area contributed by atoms with Gasteiger partial charge >= 0.3 is 0 Å². The van der Waals surface area contributed by atoms with Crippen LogP contribution in [0.3, 0.4) is 0 Å². The van der Waals surface area contributed by atoms with Crippen molar-refractivity contribution < 1.29 is 0 Å². The molecule has 19 heavy (non-hydrogen) atoms. The molecular weight excluding hydrogens is 232 g/mol. The maximum absolute atomic E-state index is 3.66. The minimum absolute atomic E-state index is 0.436. The van der Waals surface area contributed by atoms with E-state index in [1.54, 1.807) is 0 Å². The smallest absolute Gasteiger partial charge is 0.0153 e. The van der Waals surface area contributed by atoms with Crippen LogP contribution >= 0.6 is 0 Å². The fraction of sp³-hybridized carbons (Fsp3) is 1.00. The predicted molar refractivity (Wildman–Crippen MR) is 83.6 cm³/mol. The predicted octanol–water partition coefficient (Wildman–Crippen LogP) is 3.81. The summed E-state index contributed by atoms with van der Waals surface area (Å²) in [7, 11) is 0. The summed E-state index contributed by atoms with van der Waals surface area (Å²) >= 11 is 0. The second kappa shape index (κ2) is 6.58. The molecule has 2 fully saturated rings. The molecule has 1 aliphatic heterocycles. The van der Waals surface area contributed by atoms with Crippen LogP contribution in [0.4, 0.5) is 0 Å². The molecule has 0 aromatic rings. The molecule has 2 aliphatic rings. The molecule has 1 N–H and O–H groups in total. The number of hydrogen-bond acceptors (Lipinski definition) is 2. The van der Waals surface area contributed by atoms with Crippen LogP contribution in [0.25, 0.3) is 0 Å². The average molecular weight is 266 g/mol. The van der Waals surface area contributed by atoms with E-state index in [2.05, 4.69) is 31.0 Å². The molecule has 1 heterocycles. The Balaban J connectivity index is 2.03. The Morgan fingerprint density at radius 3 is 2.16 bits per heavy atom. The lowest BCUT2D eigenvalue weighted by atomic mass is 9.79. The van der Waals surface area contributed by atoms with Crippen LogP contribution in [0.15, 0.2) is 0 Å². The second-order valence-electron chi connectivity index (χ2n) is 7.53. The summed E-state index contributed by atoms with van der Waals surface area (Å²) in [4.78, 5) is 2.79. The molecule has 0 atom stereocenters. The molecule has 0 spiro atoms. The van der Waals surface area contributed by atoms with Gasteiger partial charge in [-0.1, -0.05) is 32.6 Å². The molecule has 0 amide bonds. The number of rotatable bonds is 5. The van der Waals surface area contributed by atoms with Gasteiger partial charge in [0, 0.05) is 18.6 Å². The third-order valence-electron chi connectivity index (χ3n) is 5.51. The van der Waals surface area contributed by atoms with Crippen LogP contribution in [0, 0.1) is 5.41 Å². The van der Waals surface area contributed by atoms with Gasteiger partial charge in [0.15, 0.2) is 0 Å². The van der Waals surface area contributed by atoms with Gasteiger partial charge in [0.25, 0.3) is 0 Å². The molecule has 1 aliphatic carbocycles. The zero-order valence-corrected chi connectivity index (χ0v) is 13.4. The molecule has 2 rings (SSSR count). The van der Waals surface area contributed by atoms with Gasteiger partial charge in [-0.05, 0) is 58.0 Å². The highest BCUT2D eigenvalue weighted by molar-refractivity contribution is 4.94. The van der Waals surface area contributed by atoms with Gasteiger partial charge in [0.1, 0.15) is 0 Å². The molecule has 0 radical (unpaired) electrons. The van der Waals surface area contributed by atoms with Crippen molar-refractivity contribution in [3.05, 3.63) is 0 Å². The summed E-state index contributed by atoms with van der Waals surface area (Å²) in [6.45, 7) is 12.1. The Bertz CT molecular complexity index is 264. The minimum Gasteiger partial charge on any atom is -0.316 e. The van der Waals surface area contributed by atoms with Crippen molar-refractivity contribution in [2.45, 2.75) is 77.7 Å². The van der Waals surface area contributed by atoms with Crippen molar-refractivity contribution in [1.82, 2.24) is 10.2 Å². The summed E-state index contributed by atoms with van der Waals surface area (Å²) in [5.74, 6) is 0. The summed E-state index contributed by atoms with van der Waals surface area (Å²) in [6.07, 6.45) is 11.4. The highest BCUT2D eigenvalue weighted by Gasteiger charge is 2.39. The van der Waals surface area contributed by atoms with Crippen LogP contribution in [0.1, 0.15) is 72.1 Å². The van der Waals surface area contributed by atoms with E-state index in [1.165, 1.54) is 71.0 Å². The molecular formula is C17H34N2. The van der Waals surface area contributed by atoms with Crippen molar-refractivity contribution in [3.8, 4) is 0 Å². The van der Waals surface area contributed by atoms with Crippen molar-refractivity contribution in [2.75, 3.05) is 26.2 Å². The Labute approximate surface area is 120 Å². The van der Waals surface area contributed by atoms with Crippen LogP contribution in [0.5, 0.6) is 0 Å². The second-order valence-corrected chi connectivity index (χ2v) is 7.53. The maximum atomic E-state index is 3.66. The lowest BCUT2D eigenvalue weighted by Gasteiger charge is -2.42. The first-order chi connectivity index (χ1) is 9.08. The first-order valence-electron chi connectivity index (χ1n) is 8.54. The lowest BCUT2D eigenvalue weighted by molar-refractivity contribution is 0.0818. The van der Waals surface area contributed by atoms with E-state index in [0.717, 1.165) is 6.54 Å². The fourth-order valence-corrected chi connectivity index (χ4v) is 4.12. The minimum atomic E-state index is 0.436. The van der Waals surface area contributed by atoms with E-state index >= 15 is 0 Å². The topological polar surface area (TPSA) is 15.3 Å². The van der Waals surface area contributed by atoms with Crippen LogP contribution in [-0.2, 0) is 0 Å². The van der Waals surface area contributed by atoms with E-state index in [-0.39, 0.29) is 0 Å². The first-order valence-corrected chi connectivity index (χ1v) is 8.54. The summed E-state index contributed by atoms with van der Waals surface area (Å²) in [5.41, 5.74) is 0.986. The molecule has 0 bridgehead atoms. The SMILES string of the molecule is CCNCC1(CN2CCCC2(C)C)CCCCCC1. The monoisotopic (exact) mass is 266 g/mol. The number of likely N-dealkylation sites (tertiary alicyclic amines) is 1. The third kappa shape index (κ3) is 3.95. The Morgan fingerprint density at radius 2 is 1.63 bits per heavy atom. The van der Waals surface area contributed by atoms with E-state index in [9.17, 15) is 0 Å². The molecule has 2 heteroatoms. The van der Waals surface area contributed by atoms with Gasteiger partial charge in [-0.3, -0.25) is 4.90 Å². The molecule has 1 saturated heterocycles. The summed E-state index contributed by atoms with van der Waals surface area (Å²) in [6, 6.07) is 0. The largest absolute Gasteiger partial charge is 0.316 e. The normalized spacial score (nSPS) is 27.3. The Morgan fingerprint density at radius 1 is 0.947 bits per heavy atom. The van der Waals surface area contributed by atoms with Gasteiger partial charge in [-0.15, -0.1) is 0 Å². The molecule has 0 unspecified atom stereocenters. The standard InChI is InChI=1S/C17H34N2/c1-4-18-14-17(11-7-5-6-8-12-17)15-19-13-9-10-16(19,2)3/h18H,4-15H2,1-3H3. The number of nitrogens with zero attached hydrogens (tertiary/aromatic N) is 1. The highest BCUT2D eigenvalue weighted by Crippen LogP contribution is 2.39. The maximum Gasteiger partial charge on any atom is 0.0153 e. The first kappa shape index (κ1) is 15.3. The van der Waals surface area contributed by atoms with Crippen molar-refractivity contribution in [1.29, 1.82) is 0 Å². The van der Waals surface area contributed by atoms with Gasteiger partial charge < -0.3 is 5.32 Å². The highest BCUT2D eigenvalue weighted by atomic mass is 15.2. The lowest BCUT2D eigenvalue weighted by Crippen LogP contribution is -2.49. The van der Waals surface area contributed by atoms with E-state index in [0.29, 0.717) is 11.0 Å². The Kier molecular flexibility index (Phi) is 5.30. The molecule has 0 aromatic heterocycles. The molecule has 112 valence electrons. The van der Waals surface area contributed by atoms with E-state index < -0.39 is 0 Å². The Hall–Kier alpha value is -0.0800.